The largest absolute Gasteiger partial charge is 0.457 e. The normalized spacial score (nSPS) is 15.2. The second-order valence-electron chi connectivity index (χ2n) is 6.30. The van der Waals surface area contributed by atoms with Gasteiger partial charge < -0.3 is 9.84 Å². The van der Waals surface area contributed by atoms with Gasteiger partial charge in [-0.05, 0) is 31.9 Å². The van der Waals surface area contributed by atoms with Gasteiger partial charge in [-0.1, -0.05) is 48.5 Å². The van der Waals surface area contributed by atoms with Crippen LogP contribution in [0.2, 0.25) is 0 Å². The van der Waals surface area contributed by atoms with Crippen LogP contribution in [0.5, 0.6) is 0 Å². The number of rotatable bonds is 1. The van der Waals surface area contributed by atoms with Gasteiger partial charge in [0.2, 0.25) is 5.60 Å². The zero-order valence-corrected chi connectivity index (χ0v) is 12.4. The van der Waals surface area contributed by atoms with E-state index >= 15 is 0 Å². The van der Waals surface area contributed by atoms with Crippen molar-refractivity contribution in [3.05, 3.63) is 59.7 Å². The maximum atomic E-state index is 12.6. The summed E-state index contributed by atoms with van der Waals surface area (Å²) in [4.78, 5) is 12.6. The monoisotopic (exact) mass is 282 g/mol. The smallest absolute Gasteiger partial charge is 0.348 e. The third-order valence-corrected chi connectivity index (χ3v) is 3.62. The second kappa shape index (κ2) is 4.43. The fourth-order valence-corrected chi connectivity index (χ4v) is 2.78. The third-order valence-electron chi connectivity index (χ3n) is 3.62. The van der Waals surface area contributed by atoms with Gasteiger partial charge in [0.05, 0.1) is 0 Å². The van der Waals surface area contributed by atoms with Crippen LogP contribution in [-0.2, 0) is 15.1 Å². The summed E-state index contributed by atoms with van der Waals surface area (Å²) in [5.74, 6) is -0.632. The average Bonchev–Trinajstić information content (AvgIpc) is 2.70. The highest BCUT2D eigenvalue weighted by molar-refractivity contribution is 5.96. The van der Waals surface area contributed by atoms with Crippen molar-refractivity contribution in [1.29, 1.82) is 0 Å². The Bertz CT molecular complexity index is 665. The average molecular weight is 282 g/mol. The van der Waals surface area contributed by atoms with Crippen LogP contribution in [0.4, 0.5) is 0 Å². The molecule has 0 spiro atoms. The molecule has 1 N–H and O–H groups in total. The summed E-state index contributed by atoms with van der Waals surface area (Å²) in [6.07, 6.45) is 0. The van der Waals surface area contributed by atoms with Crippen LogP contribution in [0.3, 0.4) is 0 Å². The topological polar surface area (TPSA) is 46.5 Å². The summed E-state index contributed by atoms with van der Waals surface area (Å²) in [5.41, 5.74) is 0.531. The Labute approximate surface area is 124 Å². The van der Waals surface area contributed by atoms with Crippen molar-refractivity contribution in [3.63, 3.8) is 0 Å². The number of carbonyl (C=O) groups excluding carboxylic acids is 1. The van der Waals surface area contributed by atoms with Gasteiger partial charge in [0.1, 0.15) is 5.60 Å². The van der Waals surface area contributed by atoms with Crippen molar-refractivity contribution in [2.45, 2.75) is 32.0 Å². The molecule has 3 rings (SSSR count). The number of esters is 1. The molecule has 0 atom stereocenters. The Morgan fingerprint density at radius 3 is 1.81 bits per heavy atom. The number of fused-ring (bicyclic) bond motifs is 3. The molecule has 0 amide bonds. The molecule has 21 heavy (non-hydrogen) atoms. The first kappa shape index (κ1) is 13.8. The molecule has 0 aliphatic heterocycles. The van der Waals surface area contributed by atoms with E-state index in [4.69, 9.17) is 4.74 Å². The number of aliphatic hydroxyl groups is 1. The summed E-state index contributed by atoms with van der Waals surface area (Å²) in [7, 11) is 0. The van der Waals surface area contributed by atoms with Gasteiger partial charge in [0.25, 0.3) is 0 Å². The highest BCUT2D eigenvalue weighted by atomic mass is 16.6. The van der Waals surface area contributed by atoms with Crippen LogP contribution in [0.1, 0.15) is 31.9 Å². The van der Waals surface area contributed by atoms with E-state index in [0.29, 0.717) is 11.1 Å². The highest BCUT2D eigenvalue weighted by Crippen LogP contribution is 2.48. The fourth-order valence-electron chi connectivity index (χ4n) is 2.78. The lowest BCUT2D eigenvalue weighted by molar-refractivity contribution is -0.173. The number of carbonyl (C=O) groups is 1. The van der Waals surface area contributed by atoms with Gasteiger partial charge in [-0.15, -0.1) is 0 Å². The molecular formula is C18H18O3. The Balaban J connectivity index is 2.20. The van der Waals surface area contributed by atoms with E-state index in [1.165, 1.54) is 0 Å². The Kier molecular flexibility index (Phi) is 2.92. The van der Waals surface area contributed by atoms with Gasteiger partial charge in [-0.25, -0.2) is 4.79 Å². The third kappa shape index (κ3) is 2.05. The Morgan fingerprint density at radius 1 is 0.952 bits per heavy atom. The number of benzene rings is 2. The molecule has 0 radical (unpaired) electrons. The lowest BCUT2D eigenvalue weighted by Crippen LogP contribution is -2.40. The maximum Gasteiger partial charge on any atom is 0.348 e. The molecule has 3 nitrogen and oxygen atoms in total. The molecule has 1 aliphatic carbocycles. The molecule has 0 fully saturated rings. The van der Waals surface area contributed by atoms with Gasteiger partial charge in [0, 0.05) is 11.1 Å². The lowest BCUT2D eigenvalue weighted by Gasteiger charge is -2.28. The van der Waals surface area contributed by atoms with Crippen LogP contribution in [-0.4, -0.2) is 16.7 Å². The quantitative estimate of drug-likeness (QED) is 0.817. The molecule has 0 heterocycles. The number of hydrogen-bond donors (Lipinski definition) is 1. The number of hydrogen-bond acceptors (Lipinski definition) is 3. The predicted octanol–water partition coefficient (Wildman–Crippen LogP) is 3.24. The standard InChI is InChI=1S/C18H18O3/c1-17(2,3)21-16(19)18(20)14-10-6-4-8-12(14)13-9-5-7-11-15(13)18/h4-11,20H,1-3H3. The maximum absolute atomic E-state index is 12.6. The number of ether oxygens (including phenoxy) is 1. The zero-order chi connectivity index (χ0) is 15.3. The minimum atomic E-state index is -1.74. The van der Waals surface area contributed by atoms with Crippen molar-refractivity contribution in [2.24, 2.45) is 0 Å². The van der Waals surface area contributed by atoms with Crippen LogP contribution >= 0.6 is 0 Å². The van der Waals surface area contributed by atoms with E-state index in [2.05, 4.69) is 0 Å². The van der Waals surface area contributed by atoms with Crippen molar-refractivity contribution in [2.75, 3.05) is 0 Å². The molecular weight excluding hydrogens is 264 g/mol. The molecule has 0 unspecified atom stereocenters. The molecule has 1 aliphatic rings. The SMILES string of the molecule is CC(C)(C)OC(=O)C1(O)c2ccccc2-c2ccccc21. The molecule has 0 saturated heterocycles. The van der Waals surface area contributed by atoms with Gasteiger partial charge in [-0.3, -0.25) is 0 Å². The first-order chi connectivity index (χ1) is 9.84. The van der Waals surface area contributed by atoms with E-state index in [-0.39, 0.29) is 0 Å². The van der Waals surface area contributed by atoms with Crippen LogP contribution < -0.4 is 0 Å². The van der Waals surface area contributed by atoms with E-state index in [1.807, 2.05) is 36.4 Å². The minimum absolute atomic E-state index is 0.584. The summed E-state index contributed by atoms with van der Waals surface area (Å²) in [6.45, 7) is 5.38. The molecule has 0 aromatic heterocycles. The van der Waals surface area contributed by atoms with Crippen molar-refractivity contribution >= 4 is 5.97 Å². The zero-order valence-electron chi connectivity index (χ0n) is 12.4. The summed E-state index contributed by atoms with van der Waals surface area (Å²) in [6, 6.07) is 14.8. The molecule has 2 aromatic carbocycles. The van der Waals surface area contributed by atoms with Gasteiger partial charge in [0.15, 0.2) is 0 Å². The first-order valence-electron chi connectivity index (χ1n) is 6.99. The van der Waals surface area contributed by atoms with E-state index in [9.17, 15) is 9.90 Å². The molecule has 0 bridgehead atoms. The van der Waals surface area contributed by atoms with Crippen LogP contribution in [0.15, 0.2) is 48.5 Å². The summed E-state index contributed by atoms with van der Waals surface area (Å²) in [5, 5.41) is 11.2. The molecule has 0 saturated carbocycles. The Hall–Kier alpha value is -2.13. The molecule has 3 heteroatoms. The lowest BCUT2D eigenvalue weighted by atomic mass is 9.91. The van der Waals surface area contributed by atoms with Crippen molar-refractivity contribution < 1.29 is 14.6 Å². The minimum Gasteiger partial charge on any atom is -0.457 e. The summed E-state index contributed by atoms with van der Waals surface area (Å²) >= 11 is 0. The van der Waals surface area contributed by atoms with E-state index in [1.54, 1.807) is 32.9 Å². The summed E-state index contributed by atoms with van der Waals surface area (Å²) < 4.78 is 5.45. The fraction of sp³-hybridized carbons (Fsp3) is 0.278. The second-order valence-corrected chi connectivity index (χ2v) is 6.30. The van der Waals surface area contributed by atoms with Crippen molar-refractivity contribution in [3.8, 4) is 11.1 Å². The molecule has 108 valence electrons. The van der Waals surface area contributed by atoms with E-state index < -0.39 is 17.2 Å². The van der Waals surface area contributed by atoms with Crippen LogP contribution in [0, 0.1) is 0 Å². The van der Waals surface area contributed by atoms with Crippen LogP contribution in [0.25, 0.3) is 11.1 Å². The Morgan fingerprint density at radius 2 is 1.38 bits per heavy atom. The van der Waals surface area contributed by atoms with Gasteiger partial charge >= 0.3 is 5.97 Å². The van der Waals surface area contributed by atoms with E-state index in [0.717, 1.165) is 11.1 Å². The predicted molar refractivity (Wildman–Crippen MR) is 80.7 cm³/mol. The highest BCUT2D eigenvalue weighted by Gasteiger charge is 2.49. The first-order valence-corrected chi connectivity index (χ1v) is 6.99. The van der Waals surface area contributed by atoms with Crippen molar-refractivity contribution in [1.82, 2.24) is 0 Å². The molecule has 2 aromatic rings. The van der Waals surface area contributed by atoms with Gasteiger partial charge in [-0.2, -0.15) is 0 Å².